The number of carbonyl (C=O) groups excluding carboxylic acids is 1. The normalized spacial score (nSPS) is 13.5. The SMILES string of the molecule is CC(C(=O)Nc1cccc(CS(=O)(=O)C(C)C)c1)C(N)c1ccccc1.Cl. The van der Waals surface area contributed by atoms with Crippen LogP contribution in [0.15, 0.2) is 54.6 Å². The van der Waals surface area contributed by atoms with Crippen LogP contribution in [0.4, 0.5) is 5.69 Å². The molecule has 0 aromatic heterocycles. The van der Waals surface area contributed by atoms with Crippen molar-refractivity contribution in [2.75, 3.05) is 5.32 Å². The summed E-state index contributed by atoms with van der Waals surface area (Å²) in [4.78, 5) is 12.5. The number of sulfone groups is 1. The summed E-state index contributed by atoms with van der Waals surface area (Å²) in [5.41, 5.74) is 8.31. The summed E-state index contributed by atoms with van der Waals surface area (Å²) in [5.74, 6) is -0.682. The lowest BCUT2D eigenvalue weighted by Crippen LogP contribution is -2.30. The van der Waals surface area contributed by atoms with Crippen LogP contribution in [0, 0.1) is 5.92 Å². The molecule has 1 amide bonds. The fraction of sp³-hybridized carbons (Fsp3) is 0.350. The molecule has 0 aliphatic carbocycles. The number of nitrogens with two attached hydrogens (primary N) is 1. The highest BCUT2D eigenvalue weighted by atomic mass is 35.5. The van der Waals surface area contributed by atoms with Crippen LogP contribution >= 0.6 is 12.4 Å². The predicted octanol–water partition coefficient (Wildman–Crippen LogP) is 3.71. The third-order valence-corrected chi connectivity index (χ3v) is 6.59. The molecule has 27 heavy (non-hydrogen) atoms. The van der Waals surface area contributed by atoms with E-state index in [1.165, 1.54) is 0 Å². The Morgan fingerprint density at radius 1 is 1.04 bits per heavy atom. The van der Waals surface area contributed by atoms with Gasteiger partial charge in [0.05, 0.1) is 16.9 Å². The van der Waals surface area contributed by atoms with E-state index in [4.69, 9.17) is 5.73 Å². The molecule has 2 aromatic rings. The Morgan fingerprint density at radius 3 is 2.26 bits per heavy atom. The highest BCUT2D eigenvalue weighted by Crippen LogP contribution is 2.22. The maximum atomic E-state index is 12.5. The fourth-order valence-corrected chi connectivity index (χ4v) is 3.50. The monoisotopic (exact) mass is 410 g/mol. The van der Waals surface area contributed by atoms with Crippen molar-refractivity contribution in [1.82, 2.24) is 0 Å². The number of hydrogen-bond acceptors (Lipinski definition) is 4. The Morgan fingerprint density at radius 2 is 1.67 bits per heavy atom. The smallest absolute Gasteiger partial charge is 0.229 e. The van der Waals surface area contributed by atoms with Crippen molar-refractivity contribution in [2.24, 2.45) is 11.7 Å². The second-order valence-electron chi connectivity index (χ2n) is 6.77. The van der Waals surface area contributed by atoms with Crippen LogP contribution < -0.4 is 11.1 Å². The van der Waals surface area contributed by atoms with E-state index in [2.05, 4.69) is 5.32 Å². The predicted molar refractivity (Wildman–Crippen MR) is 113 cm³/mol. The zero-order valence-corrected chi connectivity index (χ0v) is 17.4. The Bertz CT molecular complexity index is 855. The van der Waals surface area contributed by atoms with Gasteiger partial charge in [0.25, 0.3) is 0 Å². The minimum Gasteiger partial charge on any atom is -0.326 e. The van der Waals surface area contributed by atoms with Crippen LogP contribution in [0.5, 0.6) is 0 Å². The lowest BCUT2D eigenvalue weighted by Gasteiger charge is -2.20. The number of amides is 1. The number of halogens is 1. The first kappa shape index (κ1) is 23.1. The number of nitrogens with one attached hydrogen (secondary N) is 1. The summed E-state index contributed by atoms with van der Waals surface area (Å²) in [6.45, 7) is 5.10. The summed E-state index contributed by atoms with van der Waals surface area (Å²) >= 11 is 0. The van der Waals surface area contributed by atoms with Gasteiger partial charge in [-0.15, -0.1) is 12.4 Å². The van der Waals surface area contributed by atoms with E-state index in [9.17, 15) is 13.2 Å². The molecule has 0 aliphatic rings. The third-order valence-electron chi connectivity index (χ3n) is 4.42. The quantitative estimate of drug-likeness (QED) is 0.728. The number of carbonyl (C=O) groups is 1. The second kappa shape index (κ2) is 9.88. The van der Waals surface area contributed by atoms with Gasteiger partial charge in [0.1, 0.15) is 0 Å². The molecule has 148 valence electrons. The molecule has 0 heterocycles. The molecular weight excluding hydrogens is 384 g/mol. The van der Waals surface area contributed by atoms with Crippen molar-refractivity contribution in [1.29, 1.82) is 0 Å². The summed E-state index contributed by atoms with van der Waals surface area (Å²) in [6, 6.07) is 16.0. The van der Waals surface area contributed by atoms with Gasteiger partial charge >= 0.3 is 0 Å². The average molecular weight is 411 g/mol. The summed E-state index contributed by atoms with van der Waals surface area (Å²) in [5, 5.41) is 2.39. The van der Waals surface area contributed by atoms with Crippen LogP contribution in [0.25, 0.3) is 0 Å². The fourth-order valence-electron chi connectivity index (χ4n) is 2.52. The van der Waals surface area contributed by atoms with Gasteiger partial charge in [0.15, 0.2) is 9.84 Å². The van der Waals surface area contributed by atoms with Gasteiger partial charge in [-0.3, -0.25) is 4.79 Å². The molecule has 0 saturated heterocycles. The van der Waals surface area contributed by atoms with E-state index in [1.807, 2.05) is 30.3 Å². The molecule has 0 aliphatic heterocycles. The Balaban J connectivity index is 0.00000364. The van der Waals surface area contributed by atoms with Crippen molar-refractivity contribution in [3.05, 3.63) is 65.7 Å². The van der Waals surface area contributed by atoms with Crippen molar-refractivity contribution in [3.8, 4) is 0 Å². The first-order valence-corrected chi connectivity index (χ1v) is 10.3. The molecule has 0 saturated carbocycles. The summed E-state index contributed by atoms with van der Waals surface area (Å²) in [6.07, 6.45) is 0. The Labute approximate surface area is 167 Å². The maximum absolute atomic E-state index is 12.5. The molecule has 7 heteroatoms. The highest BCUT2D eigenvalue weighted by molar-refractivity contribution is 7.91. The van der Waals surface area contributed by atoms with Crippen LogP contribution in [0.3, 0.4) is 0 Å². The van der Waals surface area contributed by atoms with Gasteiger partial charge in [-0.05, 0) is 37.1 Å². The van der Waals surface area contributed by atoms with E-state index in [1.54, 1.807) is 45.0 Å². The van der Waals surface area contributed by atoms with Gasteiger partial charge in [-0.1, -0.05) is 49.4 Å². The summed E-state index contributed by atoms with van der Waals surface area (Å²) in [7, 11) is -3.19. The number of benzene rings is 2. The number of anilines is 1. The van der Waals surface area contributed by atoms with Crippen molar-refractivity contribution in [3.63, 3.8) is 0 Å². The van der Waals surface area contributed by atoms with Gasteiger partial charge in [0.2, 0.25) is 5.91 Å². The third kappa shape index (κ3) is 6.34. The largest absolute Gasteiger partial charge is 0.326 e. The summed E-state index contributed by atoms with van der Waals surface area (Å²) < 4.78 is 24.2. The molecule has 3 N–H and O–H groups in total. The Kier molecular flexibility index (Phi) is 8.47. The standard InChI is InChI=1S/C20H26N2O3S.ClH/c1-14(2)26(24,25)13-16-8-7-11-18(12-16)22-20(23)15(3)19(21)17-9-5-4-6-10-17;/h4-12,14-15,19H,13,21H2,1-3H3,(H,22,23);1H. The number of hydrogen-bond donors (Lipinski definition) is 2. The zero-order valence-electron chi connectivity index (χ0n) is 15.8. The lowest BCUT2D eigenvalue weighted by atomic mass is 9.94. The van der Waals surface area contributed by atoms with E-state index < -0.39 is 27.0 Å². The van der Waals surface area contributed by atoms with Gasteiger partial charge < -0.3 is 11.1 Å². The topological polar surface area (TPSA) is 89.3 Å². The van der Waals surface area contributed by atoms with E-state index >= 15 is 0 Å². The van der Waals surface area contributed by atoms with Crippen LogP contribution in [0.2, 0.25) is 0 Å². The molecule has 5 nitrogen and oxygen atoms in total. The zero-order chi connectivity index (χ0) is 19.3. The minimum atomic E-state index is -3.19. The van der Waals surface area contributed by atoms with Gasteiger partial charge in [-0.2, -0.15) is 0 Å². The highest BCUT2D eigenvalue weighted by Gasteiger charge is 2.22. The van der Waals surface area contributed by atoms with E-state index in [-0.39, 0.29) is 24.1 Å². The van der Waals surface area contributed by atoms with E-state index in [0.717, 1.165) is 5.56 Å². The molecule has 2 rings (SSSR count). The minimum absolute atomic E-state index is 0. The lowest BCUT2D eigenvalue weighted by molar-refractivity contribution is -0.120. The number of rotatable bonds is 7. The first-order chi connectivity index (χ1) is 12.2. The molecular formula is C20H27ClN2O3S. The molecule has 2 atom stereocenters. The molecule has 2 unspecified atom stereocenters. The van der Waals surface area contributed by atoms with Gasteiger partial charge in [0, 0.05) is 11.7 Å². The average Bonchev–Trinajstić information content (AvgIpc) is 2.61. The van der Waals surface area contributed by atoms with E-state index in [0.29, 0.717) is 11.3 Å². The van der Waals surface area contributed by atoms with Crippen LogP contribution in [0.1, 0.15) is 37.9 Å². The molecule has 0 bridgehead atoms. The molecule has 0 spiro atoms. The van der Waals surface area contributed by atoms with Gasteiger partial charge in [-0.25, -0.2) is 8.42 Å². The molecule has 0 radical (unpaired) electrons. The van der Waals surface area contributed by atoms with Crippen LogP contribution in [-0.4, -0.2) is 19.6 Å². The van der Waals surface area contributed by atoms with Crippen molar-refractivity contribution < 1.29 is 13.2 Å². The molecule has 0 fully saturated rings. The maximum Gasteiger partial charge on any atom is 0.229 e. The second-order valence-corrected chi connectivity index (χ2v) is 9.33. The first-order valence-electron chi connectivity index (χ1n) is 8.62. The van der Waals surface area contributed by atoms with Crippen molar-refractivity contribution in [2.45, 2.75) is 37.8 Å². The van der Waals surface area contributed by atoms with Crippen LogP contribution in [-0.2, 0) is 20.4 Å². The molecule has 2 aromatic carbocycles. The van der Waals surface area contributed by atoms with Crippen molar-refractivity contribution >= 4 is 33.8 Å². The Hall–Kier alpha value is -1.89.